The van der Waals surface area contributed by atoms with Crippen LogP contribution in [-0.2, 0) is 4.74 Å². The molecule has 0 aromatic heterocycles. The van der Waals surface area contributed by atoms with Crippen LogP contribution in [0.5, 0.6) is 0 Å². The number of nitrogens with zero attached hydrogens (tertiary/aromatic N) is 1. The molecule has 2 nitrogen and oxygen atoms in total. The maximum Gasteiger partial charge on any atom is 0.0714 e. The van der Waals surface area contributed by atoms with Crippen LogP contribution in [0.3, 0.4) is 0 Å². The Kier molecular flexibility index (Phi) is 17.0. The average molecular weight is 378 g/mol. The van der Waals surface area contributed by atoms with E-state index in [0.717, 1.165) is 19.6 Å². The number of hydrogen-bond donors (Lipinski definition) is 0. The highest BCUT2D eigenvalue weighted by molar-refractivity contribution is 4.92. The van der Waals surface area contributed by atoms with Crippen molar-refractivity contribution in [3.05, 3.63) is 24.3 Å². The Bertz CT molecular complexity index is 363. The summed E-state index contributed by atoms with van der Waals surface area (Å²) in [7, 11) is 2.19. The fourth-order valence-electron chi connectivity index (χ4n) is 3.72. The Morgan fingerprint density at radius 3 is 1.96 bits per heavy atom. The summed E-state index contributed by atoms with van der Waals surface area (Å²) < 4.78 is 5.95. The number of rotatable bonds is 18. The molecule has 1 atom stereocenters. The number of likely N-dealkylation sites (tertiary alicyclic amines) is 1. The lowest BCUT2D eigenvalue weighted by Gasteiger charge is -2.11. The van der Waals surface area contributed by atoms with E-state index in [0.29, 0.717) is 6.10 Å². The normalized spacial score (nSPS) is 18.4. The maximum atomic E-state index is 5.95. The third-order valence-electron chi connectivity index (χ3n) is 5.55. The van der Waals surface area contributed by atoms with Crippen molar-refractivity contribution < 1.29 is 4.74 Å². The topological polar surface area (TPSA) is 12.5 Å². The molecule has 0 bridgehead atoms. The molecule has 0 spiro atoms. The number of unbranched alkanes of at least 4 members (excludes halogenated alkanes) is 11. The van der Waals surface area contributed by atoms with Gasteiger partial charge in [0.05, 0.1) is 6.10 Å². The van der Waals surface area contributed by atoms with E-state index < -0.39 is 0 Å². The Balaban J connectivity index is 1.72. The zero-order valence-corrected chi connectivity index (χ0v) is 18.5. The summed E-state index contributed by atoms with van der Waals surface area (Å²) >= 11 is 0. The van der Waals surface area contributed by atoms with Crippen LogP contribution in [0.4, 0.5) is 0 Å². The molecule has 1 rings (SSSR count). The molecule has 0 unspecified atom stereocenters. The fourth-order valence-corrected chi connectivity index (χ4v) is 3.72. The first kappa shape index (κ1) is 24.4. The van der Waals surface area contributed by atoms with E-state index >= 15 is 0 Å². The standard InChI is InChI=1S/C25H47NO/c1-3-4-5-6-7-8-9-10-11-12-13-14-15-16-17-18-19-20-23-27-25-21-22-26(2)24-25/h7-8,10-11,25H,3-6,9,12-24H2,1-2H3/b8-7-,11-10-/t25-/m0/s1. The highest BCUT2D eigenvalue weighted by atomic mass is 16.5. The molecule has 0 amide bonds. The molecular formula is C25H47NO. The van der Waals surface area contributed by atoms with Crippen molar-refractivity contribution in [2.24, 2.45) is 0 Å². The molecule has 0 radical (unpaired) electrons. The molecule has 1 aliphatic rings. The second-order valence-electron chi connectivity index (χ2n) is 8.34. The number of likely N-dealkylation sites (N-methyl/N-ethyl adjacent to an activating group) is 1. The summed E-state index contributed by atoms with van der Waals surface area (Å²) in [6.07, 6.45) is 29.8. The summed E-state index contributed by atoms with van der Waals surface area (Å²) in [6, 6.07) is 0. The monoisotopic (exact) mass is 377 g/mol. The molecule has 158 valence electrons. The molecule has 0 aliphatic carbocycles. The predicted octanol–water partition coefficient (Wildman–Crippen LogP) is 7.30. The van der Waals surface area contributed by atoms with Crippen molar-refractivity contribution in [1.82, 2.24) is 4.90 Å². The molecule has 1 heterocycles. The second-order valence-corrected chi connectivity index (χ2v) is 8.34. The summed E-state index contributed by atoms with van der Waals surface area (Å²) in [4.78, 5) is 2.37. The second kappa shape index (κ2) is 18.7. The lowest BCUT2D eigenvalue weighted by Crippen LogP contribution is -2.19. The maximum absolute atomic E-state index is 5.95. The van der Waals surface area contributed by atoms with Crippen LogP contribution in [-0.4, -0.2) is 37.7 Å². The SMILES string of the molecule is CCCCC/C=C\C/C=C\CCCCCCCCCCO[C@H]1CCN(C)C1. The minimum absolute atomic E-state index is 0.505. The van der Waals surface area contributed by atoms with E-state index in [1.807, 2.05) is 0 Å². The van der Waals surface area contributed by atoms with Crippen molar-refractivity contribution in [3.8, 4) is 0 Å². The van der Waals surface area contributed by atoms with Gasteiger partial charge in [-0.1, -0.05) is 82.6 Å². The minimum Gasteiger partial charge on any atom is -0.377 e. The van der Waals surface area contributed by atoms with E-state index in [9.17, 15) is 0 Å². The van der Waals surface area contributed by atoms with E-state index in [1.165, 1.54) is 96.4 Å². The van der Waals surface area contributed by atoms with Crippen molar-refractivity contribution in [2.45, 2.75) is 109 Å². The van der Waals surface area contributed by atoms with Gasteiger partial charge in [0.2, 0.25) is 0 Å². The Morgan fingerprint density at radius 2 is 1.37 bits per heavy atom. The lowest BCUT2D eigenvalue weighted by molar-refractivity contribution is 0.0581. The van der Waals surface area contributed by atoms with Gasteiger partial charge in [-0.05, 0) is 52.0 Å². The van der Waals surface area contributed by atoms with E-state index in [-0.39, 0.29) is 0 Å². The average Bonchev–Trinajstić information content (AvgIpc) is 3.09. The molecule has 0 saturated carbocycles. The summed E-state index contributed by atoms with van der Waals surface area (Å²) in [5.41, 5.74) is 0. The van der Waals surface area contributed by atoms with E-state index in [4.69, 9.17) is 4.74 Å². The van der Waals surface area contributed by atoms with Crippen LogP contribution in [0.1, 0.15) is 103 Å². The highest BCUT2D eigenvalue weighted by Gasteiger charge is 2.19. The first-order chi connectivity index (χ1) is 13.3. The molecular weight excluding hydrogens is 330 g/mol. The lowest BCUT2D eigenvalue weighted by atomic mass is 10.1. The summed E-state index contributed by atoms with van der Waals surface area (Å²) in [5.74, 6) is 0. The molecule has 1 aliphatic heterocycles. The van der Waals surface area contributed by atoms with Crippen molar-refractivity contribution in [2.75, 3.05) is 26.7 Å². The van der Waals surface area contributed by atoms with Gasteiger partial charge in [0.1, 0.15) is 0 Å². The van der Waals surface area contributed by atoms with Gasteiger partial charge in [-0.15, -0.1) is 0 Å². The van der Waals surface area contributed by atoms with Crippen molar-refractivity contribution in [1.29, 1.82) is 0 Å². The Labute approximate surface area is 170 Å². The molecule has 2 heteroatoms. The fraction of sp³-hybridized carbons (Fsp3) is 0.840. The molecule has 0 N–H and O–H groups in total. The first-order valence-corrected chi connectivity index (χ1v) is 11.9. The summed E-state index contributed by atoms with van der Waals surface area (Å²) in [5, 5.41) is 0. The first-order valence-electron chi connectivity index (χ1n) is 11.9. The third-order valence-corrected chi connectivity index (χ3v) is 5.55. The van der Waals surface area contributed by atoms with Gasteiger partial charge in [0.15, 0.2) is 0 Å². The largest absolute Gasteiger partial charge is 0.377 e. The molecule has 1 saturated heterocycles. The van der Waals surface area contributed by atoms with Crippen LogP contribution >= 0.6 is 0 Å². The van der Waals surface area contributed by atoms with Gasteiger partial charge in [-0.25, -0.2) is 0 Å². The van der Waals surface area contributed by atoms with Crippen LogP contribution in [0, 0.1) is 0 Å². The summed E-state index contributed by atoms with van der Waals surface area (Å²) in [6.45, 7) is 5.57. The predicted molar refractivity (Wildman–Crippen MR) is 120 cm³/mol. The van der Waals surface area contributed by atoms with Gasteiger partial charge in [0, 0.05) is 19.7 Å². The number of hydrogen-bond acceptors (Lipinski definition) is 2. The zero-order chi connectivity index (χ0) is 19.4. The van der Waals surface area contributed by atoms with Gasteiger partial charge < -0.3 is 9.64 Å². The van der Waals surface area contributed by atoms with Crippen LogP contribution in [0.15, 0.2) is 24.3 Å². The van der Waals surface area contributed by atoms with Crippen LogP contribution in [0.2, 0.25) is 0 Å². The van der Waals surface area contributed by atoms with Crippen LogP contribution in [0.25, 0.3) is 0 Å². The highest BCUT2D eigenvalue weighted by Crippen LogP contribution is 2.13. The van der Waals surface area contributed by atoms with Crippen molar-refractivity contribution >= 4 is 0 Å². The molecule has 0 aromatic rings. The minimum atomic E-state index is 0.505. The van der Waals surface area contributed by atoms with Gasteiger partial charge in [-0.2, -0.15) is 0 Å². The van der Waals surface area contributed by atoms with Crippen molar-refractivity contribution in [3.63, 3.8) is 0 Å². The Hall–Kier alpha value is -0.600. The van der Waals surface area contributed by atoms with E-state index in [2.05, 4.69) is 43.2 Å². The smallest absolute Gasteiger partial charge is 0.0714 e. The Morgan fingerprint density at radius 1 is 0.778 bits per heavy atom. The zero-order valence-electron chi connectivity index (χ0n) is 18.5. The van der Waals surface area contributed by atoms with Gasteiger partial charge in [-0.3, -0.25) is 0 Å². The third kappa shape index (κ3) is 16.1. The molecule has 27 heavy (non-hydrogen) atoms. The quantitative estimate of drug-likeness (QED) is 0.183. The van der Waals surface area contributed by atoms with E-state index in [1.54, 1.807) is 0 Å². The molecule has 1 fully saturated rings. The number of ether oxygens (including phenoxy) is 1. The van der Waals surface area contributed by atoms with Gasteiger partial charge in [0.25, 0.3) is 0 Å². The molecule has 0 aromatic carbocycles. The number of allylic oxidation sites excluding steroid dienone is 4. The van der Waals surface area contributed by atoms with Gasteiger partial charge >= 0.3 is 0 Å². The van der Waals surface area contributed by atoms with Crippen LogP contribution < -0.4 is 0 Å².